The topological polar surface area (TPSA) is 79.6 Å². The fourth-order valence-corrected chi connectivity index (χ4v) is 2.35. The third-order valence-electron chi connectivity index (χ3n) is 3.63. The monoisotopic (exact) mass is 303 g/mol. The number of carboxylic acid groups (broad SMARTS) is 1. The minimum absolute atomic E-state index is 0.375. The van der Waals surface area contributed by atoms with Crippen molar-refractivity contribution >= 4 is 16.9 Å². The number of aryl methyl sites for hydroxylation is 2. The van der Waals surface area contributed by atoms with Crippen molar-refractivity contribution in [1.82, 2.24) is 0 Å². The van der Waals surface area contributed by atoms with E-state index < -0.39 is 17.7 Å². The number of fused-ring (bicyclic) bond motifs is 1. The van der Waals surface area contributed by atoms with Crippen molar-refractivity contribution in [2.45, 2.75) is 46.1 Å². The normalized spacial score (nSPS) is 12.3. The molecule has 0 aliphatic carbocycles. The van der Waals surface area contributed by atoms with Gasteiger partial charge in [0.05, 0.1) is 5.97 Å². The molecule has 2 aromatic rings. The highest BCUT2D eigenvalue weighted by atomic mass is 16.5. The maximum Gasteiger partial charge on any atom is 0.336 e. The van der Waals surface area contributed by atoms with Crippen LogP contribution < -0.4 is 15.5 Å². The van der Waals surface area contributed by atoms with Crippen molar-refractivity contribution in [3.05, 3.63) is 39.7 Å². The van der Waals surface area contributed by atoms with Gasteiger partial charge in [0.1, 0.15) is 17.4 Å². The van der Waals surface area contributed by atoms with Crippen molar-refractivity contribution in [2.24, 2.45) is 0 Å². The van der Waals surface area contributed by atoms with E-state index in [4.69, 9.17) is 9.15 Å². The lowest BCUT2D eigenvalue weighted by molar-refractivity contribution is -0.312. The lowest BCUT2D eigenvalue weighted by Gasteiger charge is -2.18. The molecule has 5 nitrogen and oxygen atoms in total. The van der Waals surface area contributed by atoms with Gasteiger partial charge in [-0.25, -0.2) is 4.79 Å². The summed E-state index contributed by atoms with van der Waals surface area (Å²) in [6.45, 7) is 5.23. The van der Waals surface area contributed by atoms with Crippen LogP contribution in [0.25, 0.3) is 11.0 Å². The number of hydrogen-bond acceptors (Lipinski definition) is 5. The standard InChI is InChI=1S/C17H20O5/c1-4-5-6-12-9-15(18)22-16-10(2)14(8-7-13(12)16)21-11(3)17(19)20/h7-9,11H,4-6H2,1-3H3,(H,19,20)/p-1/t11-/m1/s1. The number of carbonyl (C=O) groups is 1. The molecule has 1 aromatic carbocycles. The first-order valence-electron chi connectivity index (χ1n) is 7.38. The molecule has 0 fully saturated rings. The van der Waals surface area contributed by atoms with Gasteiger partial charge in [0.2, 0.25) is 0 Å². The largest absolute Gasteiger partial charge is 0.546 e. The summed E-state index contributed by atoms with van der Waals surface area (Å²) in [7, 11) is 0. The zero-order valence-corrected chi connectivity index (χ0v) is 13.0. The molecule has 0 aliphatic heterocycles. The predicted molar refractivity (Wildman–Crippen MR) is 80.9 cm³/mol. The van der Waals surface area contributed by atoms with Gasteiger partial charge in [0, 0.05) is 17.0 Å². The van der Waals surface area contributed by atoms with E-state index in [2.05, 4.69) is 6.92 Å². The molecule has 0 saturated carbocycles. The van der Waals surface area contributed by atoms with Crippen LogP contribution in [0.15, 0.2) is 27.4 Å². The number of unbranched alkanes of at least 4 members (excludes halogenated alkanes) is 1. The molecule has 0 unspecified atom stereocenters. The van der Waals surface area contributed by atoms with Crippen LogP contribution in [-0.4, -0.2) is 12.1 Å². The molecule has 2 rings (SSSR count). The Kier molecular flexibility index (Phi) is 4.85. The van der Waals surface area contributed by atoms with Crippen LogP contribution in [0.3, 0.4) is 0 Å². The molecule has 1 atom stereocenters. The highest BCUT2D eigenvalue weighted by molar-refractivity contribution is 5.85. The van der Waals surface area contributed by atoms with Gasteiger partial charge in [0.15, 0.2) is 0 Å². The van der Waals surface area contributed by atoms with Crippen LogP contribution >= 0.6 is 0 Å². The maximum atomic E-state index is 11.7. The van der Waals surface area contributed by atoms with Crippen LogP contribution in [0.4, 0.5) is 0 Å². The molecule has 0 bridgehead atoms. The van der Waals surface area contributed by atoms with Gasteiger partial charge >= 0.3 is 5.63 Å². The minimum atomic E-state index is -1.29. The van der Waals surface area contributed by atoms with Gasteiger partial charge in [-0.3, -0.25) is 0 Å². The predicted octanol–water partition coefficient (Wildman–Crippen LogP) is 1.96. The van der Waals surface area contributed by atoms with E-state index in [0.717, 1.165) is 30.2 Å². The number of rotatable bonds is 6. The summed E-state index contributed by atoms with van der Waals surface area (Å²) in [5, 5.41) is 11.7. The summed E-state index contributed by atoms with van der Waals surface area (Å²) in [5.41, 5.74) is 1.59. The Balaban J connectivity index is 2.51. The van der Waals surface area contributed by atoms with Crippen molar-refractivity contribution in [2.75, 3.05) is 0 Å². The summed E-state index contributed by atoms with van der Waals surface area (Å²) in [6.07, 6.45) is 1.74. The van der Waals surface area contributed by atoms with E-state index in [1.807, 2.05) is 0 Å². The second-order valence-electron chi connectivity index (χ2n) is 5.34. The minimum Gasteiger partial charge on any atom is -0.546 e. The van der Waals surface area contributed by atoms with Gasteiger partial charge < -0.3 is 19.1 Å². The molecule has 118 valence electrons. The SMILES string of the molecule is CCCCc1cc(=O)oc2c(C)c(O[C@H](C)C(=O)[O-])ccc12. The van der Waals surface area contributed by atoms with Gasteiger partial charge in [-0.05, 0) is 44.4 Å². The maximum absolute atomic E-state index is 11.7. The molecule has 0 aliphatic rings. The fraction of sp³-hybridized carbons (Fsp3) is 0.412. The molecule has 0 saturated heterocycles. The Morgan fingerprint density at radius 2 is 2.14 bits per heavy atom. The first kappa shape index (κ1) is 16.1. The van der Waals surface area contributed by atoms with Gasteiger partial charge in [-0.15, -0.1) is 0 Å². The molecule has 0 N–H and O–H groups in total. The zero-order valence-electron chi connectivity index (χ0n) is 13.0. The molecule has 1 heterocycles. The summed E-state index contributed by atoms with van der Waals surface area (Å²) < 4.78 is 10.6. The van der Waals surface area contributed by atoms with Crippen molar-refractivity contribution in [1.29, 1.82) is 0 Å². The molecular formula is C17H19O5-. The Morgan fingerprint density at radius 3 is 2.77 bits per heavy atom. The van der Waals surface area contributed by atoms with Crippen LogP contribution in [0, 0.1) is 6.92 Å². The Morgan fingerprint density at radius 1 is 1.41 bits per heavy atom. The zero-order chi connectivity index (χ0) is 16.3. The third kappa shape index (κ3) is 3.30. The van der Waals surface area contributed by atoms with Gasteiger partial charge in [0.25, 0.3) is 0 Å². The van der Waals surface area contributed by atoms with Crippen molar-refractivity contribution in [3.63, 3.8) is 0 Å². The van der Waals surface area contributed by atoms with E-state index in [1.54, 1.807) is 19.1 Å². The lowest BCUT2D eigenvalue weighted by Crippen LogP contribution is -2.37. The second-order valence-corrected chi connectivity index (χ2v) is 5.34. The van der Waals surface area contributed by atoms with E-state index in [9.17, 15) is 14.7 Å². The molecule has 0 spiro atoms. The van der Waals surface area contributed by atoms with Crippen LogP contribution in [-0.2, 0) is 11.2 Å². The fourth-order valence-electron chi connectivity index (χ4n) is 2.35. The molecule has 0 radical (unpaired) electrons. The molecular weight excluding hydrogens is 284 g/mol. The third-order valence-corrected chi connectivity index (χ3v) is 3.63. The number of carbonyl (C=O) groups excluding carboxylic acids is 1. The first-order valence-corrected chi connectivity index (χ1v) is 7.38. The molecule has 22 heavy (non-hydrogen) atoms. The summed E-state index contributed by atoms with van der Waals surface area (Å²) in [5.74, 6) is -0.919. The number of carboxylic acids is 1. The quantitative estimate of drug-likeness (QED) is 0.762. The Hall–Kier alpha value is -2.30. The highest BCUT2D eigenvalue weighted by Gasteiger charge is 2.14. The van der Waals surface area contributed by atoms with E-state index in [-0.39, 0.29) is 0 Å². The van der Waals surface area contributed by atoms with Crippen molar-refractivity contribution in [3.8, 4) is 5.75 Å². The lowest BCUT2D eigenvalue weighted by atomic mass is 10.0. The van der Waals surface area contributed by atoms with Crippen LogP contribution in [0.5, 0.6) is 5.75 Å². The molecule has 0 amide bonds. The second kappa shape index (κ2) is 6.64. The highest BCUT2D eigenvalue weighted by Crippen LogP contribution is 2.29. The average molecular weight is 303 g/mol. The van der Waals surface area contributed by atoms with E-state index >= 15 is 0 Å². The number of ether oxygens (including phenoxy) is 1. The number of aliphatic carboxylic acids is 1. The van der Waals surface area contributed by atoms with Crippen LogP contribution in [0.1, 0.15) is 37.8 Å². The number of benzene rings is 1. The number of hydrogen-bond donors (Lipinski definition) is 0. The smallest absolute Gasteiger partial charge is 0.336 e. The Bertz CT molecular complexity index is 745. The molecule has 5 heteroatoms. The van der Waals surface area contributed by atoms with Gasteiger partial charge in [-0.1, -0.05) is 13.3 Å². The van der Waals surface area contributed by atoms with Crippen LogP contribution in [0.2, 0.25) is 0 Å². The van der Waals surface area contributed by atoms with E-state index in [0.29, 0.717) is 16.9 Å². The van der Waals surface area contributed by atoms with Gasteiger partial charge in [-0.2, -0.15) is 0 Å². The summed E-state index contributed by atoms with van der Waals surface area (Å²) in [4.78, 5) is 22.5. The summed E-state index contributed by atoms with van der Waals surface area (Å²) in [6, 6.07) is 5.02. The molecule has 1 aromatic heterocycles. The average Bonchev–Trinajstić information content (AvgIpc) is 2.47. The Labute approximate surface area is 128 Å². The first-order chi connectivity index (χ1) is 10.4. The summed E-state index contributed by atoms with van der Waals surface area (Å²) >= 11 is 0. The van der Waals surface area contributed by atoms with E-state index in [1.165, 1.54) is 13.0 Å². The van der Waals surface area contributed by atoms with Crippen molar-refractivity contribution < 1.29 is 19.1 Å².